The molecule has 1 aliphatic heterocycles. The van der Waals surface area contributed by atoms with E-state index in [2.05, 4.69) is 36.3 Å². The summed E-state index contributed by atoms with van der Waals surface area (Å²) in [5.74, 6) is 0.778. The van der Waals surface area contributed by atoms with Gasteiger partial charge in [-0.25, -0.2) is 9.37 Å². The zero-order valence-electron chi connectivity index (χ0n) is 21.2. The highest BCUT2D eigenvalue weighted by atomic mass is 19.1. The van der Waals surface area contributed by atoms with Crippen molar-refractivity contribution in [3.05, 3.63) is 89.5 Å². The first-order valence-electron chi connectivity index (χ1n) is 12.7. The van der Waals surface area contributed by atoms with Gasteiger partial charge in [0.25, 0.3) is 0 Å². The molecular formula is C29H35FN4O2. The molecular weight excluding hydrogens is 455 g/mol. The lowest BCUT2D eigenvalue weighted by Crippen LogP contribution is -2.47. The Bertz CT molecular complexity index is 1160. The molecule has 3 atom stereocenters. The summed E-state index contributed by atoms with van der Waals surface area (Å²) in [7, 11) is 0. The highest BCUT2D eigenvalue weighted by Crippen LogP contribution is 2.27. The first-order valence-corrected chi connectivity index (χ1v) is 12.7. The fourth-order valence-corrected chi connectivity index (χ4v) is 4.81. The molecule has 6 nitrogen and oxygen atoms in total. The van der Waals surface area contributed by atoms with Gasteiger partial charge in [0, 0.05) is 31.8 Å². The fraction of sp³-hybridized carbons (Fsp3) is 0.414. The number of nitrogens with one attached hydrogen (secondary N) is 1. The minimum atomic E-state index is -1.21. The molecule has 0 spiro atoms. The Morgan fingerprint density at radius 2 is 1.72 bits per heavy atom. The Hall–Kier alpha value is -3.48. The van der Waals surface area contributed by atoms with Crippen molar-refractivity contribution < 1.29 is 14.0 Å². The van der Waals surface area contributed by atoms with Crippen LogP contribution in [0.5, 0.6) is 0 Å². The second-order valence-corrected chi connectivity index (χ2v) is 9.84. The van der Waals surface area contributed by atoms with Crippen LogP contribution in [0.2, 0.25) is 0 Å². The number of halogens is 1. The second-order valence-electron chi connectivity index (χ2n) is 9.84. The second kappa shape index (κ2) is 11.5. The molecule has 190 valence electrons. The summed E-state index contributed by atoms with van der Waals surface area (Å²) in [4.78, 5) is 32.1. The molecule has 0 bridgehead atoms. The standard InChI is InChI=1S/C29H35FN4O2/c1-20(2)22-11-13-24(14-12-22)28(23-8-5-4-6-9-23)32-29(36)26-18-25(30)19-34(26)27(35)10-7-16-33-17-15-31-21(33)3/h4-6,8-9,11-15,17,20,25-26,28H,7,10,16,18-19H2,1-3H3,(H,32,36)/t25-,26+,28+/m1/s1. The minimum Gasteiger partial charge on any atom is -0.343 e. The molecule has 7 heteroatoms. The molecule has 1 aromatic heterocycles. The third-order valence-corrected chi connectivity index (χ3v) is 6.94. The van der Waals surface area contributed by atoms with Crippen molar-refractivity contribution in [1.29, 1.82) is 0 Å². The molecule has 0 aliphatic carbocycles. The zero-order valence-corrected chi connectivity index (χ0v) is 21.2. The number of nitrogens with zero attached hydrogens (tertiary/aromatic N) is 3. The van der Waals surface area contributed by atoms with E-state index in [1.807, 2.05) is 60.2 Å². The van der Waals surface area contributed by atoms with E-state index in [4.69, 9.17) is 0 Å². The maximum absolute atomic E-state index is 14.5. The van der Waals surface area contributed by atoms with Crippen LogP contribution in [0.15, 0.2) is 67.0 Å². The normalized spacial score (nSPS) is 18.4. The number of carbonyl (C=O) groups excluding carboxylic acids is 2. The number of imidazole rings is 1. The third-order valence-electron chi connectivity index (χ3n) is 6.94. The summed E-state index contributed by atoms with van der Waals surface area (Å²) in [6, 6.07) is 16.7. The molecule has 3 aromatic rings. The van der Waals surface area contributed by atoms with Crippen LogP contribution in [0, 0.1) is 6.92 Å². The van der Waals surface area contributed by atoms with Crippen molar-refractivity contribution in [2.24, 2.45) is 0 Å². The van der Waals surface area contributed by atoms with Gasteiger partial charge >= 0.3 is 0 Å². The zero-order chi connectivity index (χ0) is 25.7. The lowest BCUT2D eigenvalue weighted by atomic mass is 9.95. The predicted octanol–water partition coefficient (Wildman–Crippen LogP) is 4.94. The number of likely N-dealkylation sites (tertiary alicyclic amines) is 1. The minimum absolute atomic E-state index is 0.0198. The summed E-state index contributed by atoms with van der Waals surface area (Å²) in [5.41, 5.74) is 3.10. The fourth-order valence-electron chi connectivity index (χ4n) is 4.81. The smallest absolute Gasteiger partial charge is 0.243 e. The molecule has 1 saturated heterocycles. The maximum atomic E-state index is 14.5. The Balaban J connectivity index is 1.47. The highest BCUT2D eigenvalue weighted by Gasteiger charge is 2.40. The number of hydrogen-bond donors (Lipinski definition) is 1. The van der Waals surface area contributed by atoms with Gasteiger partial charge in [-0.3, -0.25) is 9.59 Å². The third kappa shape index (κ3) is 6.01. The molecule has 36 heavy (non-hydrogen) atoms. The van der Waals surface area contributed by atoms with Gasteiger partial charge in [-0.15, -0.1) is 0 Å². The van der Waals surface area contributed by atoms with Crippen LogP contribution < -0.4 is 5.32 Å². The van der Waals surface area contributed by atoms with Crippen molar-refractivity contribution in [3.63, 3.8) is 0 Å². The lowest BCUT2D eigenvalue weighted by molar-refractivity contribution is -0.138. The molecule has 0 unspecified atom stereocenters. The van der Waals surface area contributed by atoms with E-state index in [0.717, 1.165) is 17.0 Å². The highest BCUT2D eigenvalue weighted by molar-refractivity contribution is 5.89. The first-order chi connectivity index (χ1) is 17.3. The van der Waals surface area contributed by atoms with Crippen LogP contribution in [0.1, 0.15) is 67.6 Å². The number of carbonyl (C=O) groups is 2. The number of aromatic nitrogens is 2. The molecule has 4 rings (SSSR count). The number of benzene rings is 2. The van der Waals surface area contributed by atoms with Crippen molar-refractivity contribution >= 4 is 11.8 Å². The average molecular weight is 491 g/mol. The van der Waals surface area contributed by atoms with Crippen LogP contribution in [-0.2, 0) is 16.1 Å². The topological polar surface area (TPSA) is 67.2 Å². The van der Waals surface area contributed by atoms with E-state index < -0.39 is 12.2 Å². The molecule has 1 aliphatic rings. The van der Waals surface area contributed by atoms with Crippen molar-refractivity contribution in [2.45, 2.75) is 70.8 Å². The van der Waals surface area contributed by atoms with Gasteiger partial charge in [0.15, 0.2) is 0 Å². The SMILES string of the molecule is Cc1nccn1CCCC(=O)N1C[C@H](F)C[C@H]1C(=O)N[C@@H](c1ccccc1)c1ccc(C(C)C)cc1. The summed E-state index contributed by atoms with van der Waals surface area (Å²) >= 11 is 0. The summed E-state index contributed by atoms with van der Waals surface area (Å²) in [5, 5.41) is 3.12. The summed E-state index contributed by atoms with van der Waals surface area (Å²) < 4.78 is 16.4. The maximum Gasteiger partial charge on any atom is 0.243 e. The van der Waals surface area contributed by atoms with Crippen molar-refractivity contribution in [1.82, 2.24) is 19.8 Å². The Morgan fingerprint density at radius 3 is 2.36 bits per heavy atom. The molecule has 2 amide bonds. The van der Waals surface area contributed by atoms with Crippen LogP contribution in [0.3, 0.4) is 0 Å². The Kier molecular flexibility index (Phi) is 8.18. The molecule has 1 N–H and O–H groups in total. The Labute approximate surface area is 212 Å². The van der Waals surface area contributed by atoms with E-state index in [1.165, 1.54) is 10.5 Å². The molecule has 0 radical (unpaired) electrons. The average Bonchev–Trinajstić information content (AvgIpc) is 3.48. The summed E-state index contributed by atoms with van der Waals surface area (Å²) in [6.45, 7) is 6.81. The number of aryl methyl sites for hydroxylation is 2. The van der Waals surface area contributed by atoms with Gasteiger partial charge in [-0.2, -0.15) is 0 Å². The van der Waals surface area contributed by atoms with Gasteiger partial charge in [0.05, 0.1) is 12.6 Å². The first kappa shape index (κ1) is 25.6. The van der Waals surface area contributed by atoms with Gasteiger partial charge in [0.1, 0.15) is 18.0 Å². The predicted molar refractivity (Wildman–Crippen MR) is 138 cm³/mol. The number of hydrogen-bond acceptors (Lipinski definition) is 3. The van der Waals surface area contributed by atoms with E-state index >= 15 is 0 Å². The summed E-state index contributed by atoms with van der Waals surface area (Å²) in [6.07, 6.45) is 3.28. The molecule has 2 heterocycles. The van der Waals surface area contributed by atoms with Gasteiger partial charge in [0.2, 0.25) is 11.8 Å². The molecule has 2 aromatic carbocycles. The van der Waals surface area contributed by atoms with Crippen molar-refractivity contribution in [2.75, 3.05) is 6.54 Å². The molecule has 1 fully saturated rings. The van der Waals surface area contributed by atoms with Crippen molar-refractivity contribution in [3.8, 4) is 0 Å². The monoisotopic (exact) mass is 490 g/mol. The number of rotatable bonds is 9. The van der Waals surface area contributed by atoms with E-state index in [1.54, 1.807) is 6.20 Å². The van der Waals surface area contributed by atoms with Crippen LogP contribution >= 0.6 is 0 Å². The van der Waals surface area contributed by atoms with E-state index in [0.29, 0.717) is 18.9 Å². The van der Waals surface area contributed by atoms with Gasteiger partial charge < -0.3 is 14.8 Å². The number of alkyl halides is 1. The van der Waals surface area contributed by atoms with E-state index in [-0.39, 0.29) is 37.2 Å². The lowest BCUT2D eigenvalue weighted by Gasteiger charge is -2.27. The Morgan fingerprint density at radius 1 is 1.06 bits per heavy atom. The van der Waals surface area contributed by atoms with Crippen LogP contribution in [0.4, 0.5) is 4.39 Å². The van der Waals surface area contributed by atoms with Crippen LogP contribution in [-0.4, -0.2) is 45.0 Å². The van der Waals surface area contributed by atoms with Gasteiger partial charge in [-0.1, -0.05) is 68.4 Å². The van der Waals surface area contributed by atoms with Crippen LogP contribution in [0.25, 0.3) is 0 Å². The van der Waals surface area contributed by atoms with Gasteiger partial charge in [-0.05, 0) is 36.0 Å². The molecule has 0 saturated carbocycles. The largest absolute Gasteiger partial charge is 0.343 e. The number of amides is 2. The van der Waals surface area contributed by atoms with E-state index in [9.17, 15) is 14.0 Å². The quantitative estimate of drug-likeness (QED) is 0.462.